The second-order valence-corrected chi connectivity index (χ2v) is 5.19. The van der Waals surface area contributed by atoms with Gasteiger partial charge in [0.25, 0.3) is 0 Å². The third-order valence-corrected chi connectivity index (χ3v) is 3.43. The summed E-state index contributed by atoms with van der Waals surface area (Å²) < 4.78 is 13.3. The number of ether oxygens (including phenoxy) is 2. The average molecular weight is 324 g/mol. The summed E-state index contributed by atoms with van der Waals surface area (Å²) in [6.45, 7) is 3.70. The zero-order chi connectivity index (χ0) is 16.6. The molecule has 3 aromatic rings. The number of hydrogen-bond acceptors (Lipinski definition) is 5. The minimum Gasteiger partial charge on any atom is -0.490 e. The summed E-state index contributed by atoms with van der Waals surface area (Å²) in [6.07, 6.45) is 3.22. The Labute approximate surface area is 141 Å². The lowest BCUT2D eigenvalue weighted by molar-refractivity contribution is 0.269. The van der Waals surface area contributed by atoms with Crippen molar-refractivity contribution in [3.63, 3.8) is 0 Å². The Morgan fingerprint density at radius 1 is 0.917 bits per heavy atom. The predicted molar refractivity (Wildman–Crippen MR) is 91.5 cm³/mol. The SMILES string of the molecule is CCOc1cc(CNn2cnnc2)ccc1OCc1ccccc1. The van der Waals surface area contributed by atoms with Gasteiger partial charge in [0.1, 0.15) is 19.3 Å². The van der Waals surface area contributed by atoms with Gasteiger partial charge in [-0.1, -0.05) is 36.4 Å². The zero-order valence-corrected chi connectivity index (χ0v) is 13.6. The van der Waals surface area contributed by atoms with Crippen molar-refractivity contribution in [3.8, 4) is 11.5 Å². The van der Waals surface area contributed by atoms with Crippen molar-refractivity contribution < 1.29 is 9.47 Å². The van der Waals surface area contributed by atoms with Crippen molar-refractivity contribution >= 4 is 0 Å². The highest BCUT2D eigenvalue weighted by molar-refractivity contribution is 5.43. The fourth-order valence-electron chi connectivity index (χ4n) is 2.25. The lowest BCUT2D eigenvalue weighted by atomic mass is 10.2. The first-order chi connectivity index (χ1) is 11.8. The maximum absolute atomic E-state index is 5.91. The van der Waals surface area contributed by atoms with Crippen molar-refractivity contribution in [3.05, 3.63) is 72.3 Å². The fourth-order valence-corrected chi connectivity index (χ4v) is 2.25. The van der Waals surface area contributed by atoms with E-state index >= 15 is 0 Å². The lowest BCUT2D eigenvalue weighted by Crippen LogP contribution is -2.12. The molecule has 0 fully saturated rings. The molecular weight excluding hydrogens is 304 g/mol. The molecule has 2 aromatic carbocycles. The van der Waals surface area contributed by atoms with E-state index in [1.165, 1.54) is 0 Å². The molecule has 124 valence electrons. The first-order valence-electron chi connectivity index (χ1n) is 7.86. The number of benzene rings is 2. The second kappa shape index (κ2) is 8.01. The van der Waals surface area contributed by atoms with E-state index in [0.29, 0.717) is 19.8 Å². The van der Waals surface area contributed by atoms with Crippen LogP contribution in [0.5, 0.6) is 11.5 Å². The number of hydrogen-bond donors (Lipinski definition) is 1. The largest absolute Gasteiger partial charge is 0.490 e. The Hall–Kier alpha value is -3.02. The zero-order valence-electron chi connectivity index (χ0n) is 13.6. The molecule has 1 N–H and O–H groups in total. The minimum atomic E-state index is 0.513. The summed E-state index contributed by atoms with van der Waals surface area (Å²) in [5, 5.41) is 7.51. The van der Waals surface area contributed by atoms with Gasteiger partial charge in [-0.3, -0.25) is 0 Å². The number of nitrogens with zero attached hydrogens (tertiary/aromatic N) is 3. The molecule has 24 heavy (non-hydrogen) atoms. The molecule has 1 heterocycles. The van der Waals surface area contributed by atoms with Crippen molar-refractivity contribution in [2.45, 2.75) is 20.1 Å². The molecule has 0 spiro atoms. The molecule has 6 heteroatoms. The van der Waals surface area contributed by atoms with Crippen LogP contribution in [0, 0.1) is 0 Å². The first kappa shape index (κ1) is 15.9. The van der Waals surface area contributed by atoms with E-state index in [-0.39, 0.29) is 0 Å². The molecule has 0 amide bonds. The molecule has 0 aliphatic heterocycles. The van der Waals surface area contributed by atoms with Gasteiger partial charge in [0, 0.05) is 0 Å². The lowest BCUT2D eigenvalue weighted by Gasteiger charge is -2.14. The molecular formula is C18H20N4O2. The molecule has 1 aromatic heterocycles. The minimum absolute atomic E-state index is 0.513. The molecule has 6 nitrogen and oxygen atoms in total. The topological polar surface area (TPSA) is 61.2 Å². The van der Waals surface area contributed by atoms with Gasteiger partial charge in [-0.05, 0) is 30.2 Å². The van der Waals surface area contributed by atoms with Crippen LogP contribution in [-0.2, 0) is 13.2 Å². The van der Waals surface area contributed by atoms with Crippen LogP contribution in [0.2, 0.25) is 0 Å². The van der Waals surface area contributed by atoms with E-state index in [1.807, 2.05) is 55.5 Å². The number of rotatable bonds is 8. The van der Waals surface area contributed by atoms with E-state index in [4.69, 9.17) is 9.47 Å². The van der Waals surface area contributed by atoms with Crippen molar-refractivity contribution in [1.82, 2.24) is 14.9 Å². The molecule has 3 rings (SSSR count). The van der Waals surface area contributed by atoms with Crippen LogP contribution < -0.4 is 14.9 Å². The maximum atomic E-state index is 5.91. The van der Waals surface area contributed by atoms with Crippen LogP contribution in [0.25, 0.3) is 0 Å². The molecule has 0 saturated heterocycles. The van der Waals surface area contributed by atoms with Crippen LogP contribution in [0.1, 0.15) is 18.1 Å². The summed E-state index contributed by atoms with van der Waals surface area (Å²) in [4.78, 5) is 0. The third kappa shape index (κ3) is 4.25. The average Bonchev–Trinajstić information content (AvgIpc) is 3.14. The summed E-state index contributed by atoms with van der Waals surface area (Å²) in [7, 11) is 0. The van der Waals surface area contributed by atoms with Gasteiger partial charge in [-0.25, -0.2) is 4.68 Å². The summed E-state index contributed by atoms with van der Waals surface area (Å²) >= 11 is 0. The van der Waals surface area contributed by atoms with Gasteiger partial charge in [-0.2, -0.15) is 0 Å². The maximum Gasteiger partial charge on any atom is 0.161 e. The quantitative estimate of drug-likeness (QED) is 0.690. The van der Waals surface area contributed by atoms with Gasteiger partial charge in [0.15, 0.2) is 11.5 Å². The van der Waals surface area contributed by atoms with E-state index in [2.05, 4.69) is 15.6 Å². The van der Waals surface area contributed by atoms with Gasteiger partial charge in [0.2, 0.25) is 0 Å². The second-order valence-electron chi connectivity index (χ2n) is 5.19. The highest BCUT2D eigenvalue weighted by Crippen LogP contribution is 2.29. The molecule has 0 bridgehead atoms. The van der Waals surface area contributed by atoms with Crippen molar-refractivity contribution in [1.29, 1.82) is 0 Å². The molecule has 0 unspecified atom stereocenters. The Balaban J connectivity index is 1.67. The van der Waals surface area contributed by atoms with E-state index in [1.54, 1.807) is 17.3 Å². The molecule has 0 aliphatic rings. The molecule has 0 radical (unpaired) electrons. The predicted octanol–water partition coefficient (Wildman–Crippen LogP) is 3.00. The van der Waals surface area contributed by atoms with Crippen LogP contribution in [0.4, 0.5) is 0 Å². The first-order valence-corrected chi connectivity index (χ1v) is 7.86. The van der Waals surface area contributed by atoms with E-state index in [9.17, 15) is 0 Å². The highest BCUT2D eigenvalue weighted by Gasteiger charge is 2.07. The summed E-state index contributed by atoms with van der Waals surface area (Å²) in [6, 6.07) is 16.0. The highest BCUT2D eigenvalue weighted by atomic mass is 16.5. The van der Waals surface area contributed by atoms with Crippen molar-refractivity contribution in [2.24, 2.45) is 0 Å². The van der Waals surface area contributed by atoms with Gasteiger partial charge in [0.05, 0.1) is 13.2 Å². The van der Waals surface area contributed by atoms with Gasteiger partial charge < -0.3 is 14.9 Å². The fraction of sp³-hybridized carbons (Fsp3) is 0.222. The Morgan fingerprint density at radius 3 is 2.46 bits per heavy atom. The number of nitrogens with one attached hydrogen (secondary N) is 1. The van der Waals surface area contributed by atoms with E-state index in [0.717, 1.165) is 22.6 Å². The summed E-state index contributed by atoms with van der Waals surface area (Å²) in [5.41, 5.74) is 5.39. The van der Waals surface area contributed by atoms with Crippen molar-refractivity contribution in [2.75, 3.05) is 12.0 Å². The standard InChI is InChI=1S/C18H20N4O2/c1-2-23-18-10-16(11-21-22-13-19-20-14-22)8-9-17(18)24-12-15-6-4-3-5-7-15/h3-10,13-14,21H,2,11-12H2,1H3. The van der Waals surface area contributed by atoms with E-state index < -0.39 is 0 Å². The van der Waals surface area contributed by atoms with Crippen LogP contribution in [-0.4, -0.2) is 21.5 Å². The third-order valence-electron chi connectivity index (χ3n) is 3.43. The number of aromatic nitrogens is 3. The molecule has 0 aliphatic carbocycles. The smallest absolute Gasteiger partial charge is 0.161 e. The molecule has 0 saturated carbocycles. The van der Waals surface area contributed by atoms with Crippen LogP contribution in [0.15, 0.2) is 61.2 Å². The normalized spacial score (nSPS) is 10.4. The van der Waals surface area contributed by atoms with Gasteiger partial charge >= 0.3 is 0 Å². The van der Waals surface area contributed by atoms with Crippen LogP contribution in [0.3, 0.4) is 0 Å². The van der Waals surface area contributed by atoms with Gasteiger partial charge in [-0.15, -0.1) is 10.2 Å². The van der Waals surface area contributed by atoms with Crippen LogP contribution >= 0.6 is 0 Å². The Bertz CT molecular complexity index is 745. The Morgan fingerprint density at radius 2 is 1.71 bits per heavy atom. The monoisotopic (exact) mass is 324 g/mol. The Kier molecular flexibility index (Phi) is 5.29. The summed E-state index contributed by atoms with van der Waals surface area (Å²) in [5.74, 6) is 1.49. The molecule has 0 atom stereocenters.